The number of carbonyl (C=O) groups is 1. The van der Waals surface area contributed by atoms with E-state index >= 15 is 0 Å². The Morgan fingerprint density at radius 2 is 2.15 bits per heavy atom. The Balaban J connectivity index is 1.63. The van der Waals surface area contributed by atoms with Gasteiger partial charge in [0.1, 0.15) is 5.76 Å². The first-order valence-corrected chi connectivity index (χ1v) is 7.64. The third-order valence-corrected chi connectivity index (χ3v) is 4.45. The molecule has 2 aliphatic carbocycles. The lowest BCUT2D eigenvalue weighted by atomic mass is 10.1. The number of hydrogen-bond acceptors (Lipinski definition) is 4. The predicted molar refractivity (Wildman–Crippen MR) is 76.0 cm³/mol. The molecule has 110 valence electrons. The topological polar surface area (TPSA) is 38.8 Å². The summed E-state index contributed by atoms with van der Waals surface area (Å²) in [5.41, 5.74) is 1.21. The van der Waals surface area contributed by atoms with Gasteiger partial charge in [-0.2, -0.15) is 0 Å². The molecule has 0 aromatic carbocycles. The van der Waals surface area contributed by atoms with E-state index < -0.39 is 0 Å². The molecule has 3 aliphatic rings. The summed E-state index contributed by atoms with van der Waals surface area (Å²) in [7, 11) is 1.45. The van der Waals surface area contributed by atoms with E-state index in [-0.39, 0.29) is 11.9 Å². The first-order valence-electron chi connectivity index (χ1n) is 7.26. The maximum atomic E-state index is 11.6. The van der Waals surface area contributed by atoms with E-state index in [0.29, 0.717) is 6.10 Å². The van der Waals surface area contributed by atoms with E-state index in [4.69, 9.17) is 21.1 Å². The fraction of sp³-hybridized carbons (Fsp3) is 0.667. The largest absolute Gasteiger partial charge is 0.493 e. The van der Waals surface area contributed by atoms with Crippen LogP contribution in [0.25, 0.3) is 0 Å². The van der Waals surface area contributed by atoms with Crippen LogP contribution in [0, 0.1) is 5.92 Å². The summed E-state index contributed by atoms with van der Waals surface area (Å²) in [5, 5.41) is 0.722. The van der Waals surface area contributed by atoms with Crippen molar-refractivity contribution in [1.82, 2.24) is 4.90 Å². The van der Waals surface area contributed by atoms with E-state index in [1.54, 1.807) is 0 Å². The van der Waals surface area contributed by atoms with Crippen molar-refractivity contribution in [3.63, 3.8) is 0 Å². The molecule has 20 heavy (non-hydrogen) atoms. The van der Waals surface area contributed by atoms with E-state index in [9.17, 15) is 4.79 Å². The quantitative estimate of drug-likeness (QED) is 0.748. The van der Waals surface area contributed by atoms with Gasteiger partial charge < -0.3 is 14.4 Å². The maximum absolute atomic E-state index is 11.6. The van der Waals surface area contributed by atoms with Gasteiger partial charge in [-0.3, -0.25) is 4.79 Å². The number of hydrogen-bond donors (Lipinski definition) is 0. The van der Waals surface area contributed by atoms with E-state index in [0.717, 1.165) is 56.0 Å². The number of likely N-dealkylation sites (tertiary alicyclic amines) is 1. The summed E-state index contributed by atoms with van der Waals surface area (Å²) in [4.78, 5) is 13.8. The van der Waals surface area contributed by atoms with Crippen LogP contribution in [0.3, 0.4) is 0 Å². The van der Waals surface area contributed by atoms with Crippen molar-refractivity contribution in [2.75, 3.05) is 20.2 Å². The Morgan fingerprint density at radius 3 is 2.80 bits per heavy atom. The minimum absolute atomic E-state index is 0.00670. The zero-order valence-electron chi connectivity index (χ0n) is 11.7. The summed E-state index contributed by atoms with van der Waals surface area (Å²) >= 11 is 6.31. The molecule has 1 unspecified atom stereocenters. The van der Waals surface area contributed by atoms with Crippen LogP contribution >= 0.6 is 11.6 Å². The highest BCUT2D eigenvalue weighted by Gasteiger charge is 2.32. The van der Waals surface area contributed by atoms with E-state index in [2.05, 4.69) is 4.90 Å². The Labute approximate surface area is 124 Å². The molecule has 1 aliphatic heterocycles. The van der Waals surface area contributed by atoms with Crippen molar-refractivity contribution in [2.24, 2.45) is 5.92 Å². The van der Waals surface area contributed by atoms with Crippen LogP contribution in [0.5, 0.6) is 0 Å². The SMILES string of the molecule is COC(=O)C1CCN(C2=CC(Cl)=C(OC3CC3)CC2)C1. The Bertz CT molecular complexity index is 468. The molecule has 4 nitrogen and oxygen atoms in total. The highest BCUT2D eigenvalue weighted by atomic mass is 35.5. The number of ether oxygens (including phenoxy) is 2. The Kier molecular flexibility index (Phi) is 3.92. The molecular weight excluding hydrogens is 278 g/mol. The number of carbonyl (C=O) groups excluding carboxylic acids is 1. The minimum atomic E-state index is -0.108. The van der Waals surface area contributed by atoms with Gasteiger partial charge in [0.15, 0.2) is 0 Å². The third-order valence-electron chi connectivity index (χ3n) is 4.13. The summed E-state index contributed by atoms with van der Waals surface area (Å²) < 4.78 is 10.6. The number of allylic oxidation sites excluding steroid dienone is 4. The van der Waals surface area contributed by atoms with Crippen molar-refractivity contribution >= 4 is 17.6 Å². The molecule has 1 saturated carbocycles. The Hall–Kier alpha value is -1.16. The second kappa shape index (κ2) is 5.68. The summed E-state index contributed by atoms with van der Waals surface area (Å²) in [6, 6.07) is 0. The Morgan fingerprint density at radius 1 is 1.35 bits per heavy atom. The smallest absolute Gasteiger partial charge is 0.310 e. The third kappa shape index (κ3) is 2.95. The molecule has 1 saturated heterocycles. The van der Waals surface area contributed by atoms with Crippen LogP contribution in [-0.4, -0.2) is 37.2 Å². The first-order chi connectivity index (χ1) is 9.67. The zero-order valence-corrected chi connectivity index (χ0v) is 12.5. The predicted octanol–water partition coefficient (Wildman–Crippen LogP) is 2.79. The molecule has 5 heteroatoms. The van der Waals surface area contributed by atoms with Crippen molar-refractivity contribution in [2.45, 2.75) is 38.2 Å². The molecule has 0 radical (unpaired) electrons. The van der Waals surface area contributed by atoms with Crippen molar-refractivity contribution in [1.29, 1.82) is 0 Å². The zero-order chi connectivity index (χ0) is 14.1. The second-order valence-corrected chi connectivity index (χ2v) is 6.09. The van der Waals surface area contributed by atoms with Crippen LogP contribution in [0.2, 0.25) is 0 Å². The summed E-state index contributed by atoms with van der Waals surface area (Å²) in [5.74, 6) is 0.817. The summed E-state index contributed by atoms with van der Waals surface area (Å²) in [6.45, 7) is 1.63. The van der Waals surface area contributed by atoms with Gasteiger partial charge in [0.25, 0.3) is 0 Å². The molecule has 0 spiro atoms. The number of nitrogens with zero attached hydrogens (tertiary/aromatic N) is 1. The molecular formula is C15H20ClNO3. The van der Waals surface area contributed by atoms with Gasteiger partial charge in [-0.05, 0) is 31.8 Å². The van der Waals surface area contributed by atoms with Crippen LogP contribution in [0.15, 0.2) is 22.6 Å². The van der Waals surface area contributed by atoms with Gasteiger partial charge in [0, 0.05) is 25.2 Å². The molecule has 0 bridgehead atoms. The lowest BCUT2D eigenvalue weighted by Gasteiger charge is -2.26. The fourth-order valence-corrected chi connectivity index (χ4v) is 3.06. The number of esters is 1. The number of halogens is 1. The monoisotopic (exact) mass is 297 g/mol. The van der Waals surface area contributed by atoms with Gasteiger partial charge >= 0.3 is 5.97 Å². The highest BCUT2D eigenvalue weighted by Crippen LogP contribution is 2.36. The van der Waals surface area contributed by atoms with Gasteiger partial charge in [0.05, 0.1) is 24.2 Å². The van der Waals surface area contributed by atoms with Crippen LogP contribution in [0.4, 0.5) is 0 Å². The van der Waals surface area contributed by atoms with Crippen molar-refractivity contribution in [3.05, 3.63) is 22.6 Å². The molecule has 1 atom stereocenters. The van der Waals surface area contributed by atoms with Crippen molar-refractivity contribution in [3.8, 4) is 0 Å². The van der Waals surface area contributed by atoms with Crippen LogP contribution in [0.1, 0.15) is 32.1 Å². The van der Waals surface area contributed by atoms with Gasteiger partial charge in [0.2, 0.25) is 0 Å². The highest BCUT2D eigenvalue weighted by molar-refractivity contribution is 6.31. The minimum Gasteiger partial charge on any atom is -0.493 e. The molecule has 0 amide bonds. The lowest BCUT2D eigenvalue weighted by Crippen LogP contribution is -2.24. The maximum Gasteiger partial charge on any atom is 0.310 e. The van der Waals surface area contributed by atoms with Gasteiger partial charge in [-0.1, -0.05) is 11.6 Å². The van der Waals surface area contributed by atoms with Crippen LogP contribution in [-0.2, 0) is 14.3 Å². The van der Waals surface area contributed by atoms with Gasteiger partial charge in [-0.25, -0.2) is 0 Å². The fourth-order valence-electron chi connectivity index (χ4n) is 2.79. The molecule has 0 N–H and O–H groups in total. The molecule has 1 heterocycles. The van der Waals surface area contributed by atoms with Crippen molar-refractivity contribution < 1.29 is 14.3 Å². The number of rotatable bonds is 4. The van der Waals surface area contributed by atoms with Crippen LogP contribution < -0.4 is 0 Å². The normalized spacial score (nSPS) is 26.6. The average molecular weight is 298 g/mol. The molecule has 0 aromatic rings. The molecule has 3 rings (SSSR count). The van der Waals surface area contributed by atoms with E-state index in [1.165, 1.54) is 12.8 Å². The molecule has 0 aromatic heterocycles. The number of methoxy groups -OCH3 is 1. The lowest BCUT2D eigenvalue weighted by molar-refractivity contribution is -0.144. The molecule has 2 fully saturated rings. The average Bonchev–Trinajstić information content (AvgIpc) is 3.13. The first kappa shape index (κ1) is 13.8. The van der Waals surface area contributed by atoms with E-state index in [1.807, 2.05) is 6.08 Å². The van der Waals surface area contributed by atoms with Gasteiger partial charge in [-0.15, -0.1) is 0 Å². The standard InChI is InChI=1S/C15H20ClNO3/c1-19-15(18)10-6-7-17(9-10)11-2-5-14(13(16)8-11)20-12-3-4-12/h8,10,12H,2-7,9H2,1H3. The summed E-state index contributed by atoms with van der Waals surface area (Å²) in [6.07, 6.45) is 7.35. The second-order valence-electron chi connectivity index (χ2n) is 5.68.